The van der Waals surface area contributed by atoms with E-state index < -0.39 is 54.4 Å². The number of amides is 5. The molecule has 4 N–H and O–H groups in total. The normalized spacial score (nSPS) is 17.6. The van der Waals surface area contributed by atoms with Crippen LogP contribution >= 0.6 is 0 Å². The molecule has 1 unspecified atom stereocenters. The highest BCUT2D eigenvalue weighted by molar-refractivity contribution is 6.12. The number of carbonyl (C=O) groups excluding carboxylic acids is 7. The Morgan fingerprint density at radius 2 is 1.33 bits per heavy atom. The van der Waals surface area contributed by atoms with Gasteiger partial charge in [-0.05, 0) is 80.2 Å². The number of aromatic hydroxyl groups is 1. The lowest BCUT2D eigenvalue weighted by Gasteiger charge is -2.35. The van der Waals surface area contributed by atoms with Gasteiger partial charge >= 0.3 is 12.1 Å². The number of phenolic OH excluding ortho intramolecular Hbond substituents is 1. The maximum absolute atomic E-state index is 14.1. The third kappa shape index (κ3) is 21.1. The summed E-state index contributed by atoms with van der Waals surface area (Å²) in [5.74, 6) is -2.49. The van der Waals surface area contributed by atoms with Gasteiger partial charge in [-0.3, -0.25) is 33.7 Å². The number of imide groups is 1. The van der Waals surface area contributed by atoms with Gasteiger partial charge in [-0.15, -0.1) is 5.10 Å². The molecule has 0 saturated heterocycles. The second-order valence-corrected chi connectivity index (χ2v) is 23.4. The number of nitrogens with one attached hydrogen (secondary N) is 3. The third-order valence-electron chi connectivity index (χ3n) is 16.6. The maximum atomic E-state index is 14.1. The van der Waals surface area contributed by atoms with E-state index in [-0.39, 0.29) is 98.2 Å². The van der Waals surface area contributed by atoms with Gasteiger partial charge in [0.25, 0.3) is 17.4 Å². The molecule has 8 rings (SSSR count). The number of benzene rings is 1. The quantitative estimate of drug-likeness (QED) is 0.0247. The lowest BCUT2D eigenvalue weighted by atomic mass is 9.81. The van der Waals surface area contributed by atoms with Crippen LogP contribution in [0, 0.1) is 17.8 Å². The highest BCUT2D eigenvalue weighted by atomic mass is 16.7. The Bertz CT molecular complexity index is 3310. The minimum atomic E-state index is -2.02. The largest absolute Gasteiger partial charge is 0.509 e. The van der Waals surface area contributed by atoms with Gasteiger partial charge in [0.1, 0.15) is 37.9 Å². The summed E-state index contributed by atoms with van der Waals surface area (Å²) in [5, 5.41) is 27.6. The van der Waals surface area contributed by atoms with Crippen LogP contribution in [-0.2, 0) is 124 Å². The van der Waals surface area contributed by atoms with Crippen LogP contribution in [-0.4, -0.2) is 221 Å². The predicted molar refractivity (Wildman–Crippen MR) is 336 cm³/mol. The minimum Gasteiger partial charge on any atom is -0.508 e. The first-order valence-corrected chi connectivity index (χ1v) is 32.5. The van der Waals surface area contributed by atoms with E-state index in [4.69, 9.17) is 61.8 Å². The van der Waals surface area contributed by atoms with Gasteiger partial charge in [-0.25, -0.2) is 19.3 Å². The van der Waals surface area contributed by atoms with E-state index >= 15 is 0 Å². The molecule has 1 saturated carbocycles. The first-order valence-electron chi connectivity index (χ1n) is 32.5. The van der Waals surface area contributed by atoms with E-state index in [0.717, 1.165) is 29.4 Å². The molecular formula is C65H89N9O21. The number of cyclic esters (lactones) is 1. The standard InChI is InChI=1S/C65H89N9O21/c1-5-48-49-33-47(75)11-12-53(49)69-60-50(48)38-73-55(60)34-52-51(62(73)81)39-93-63(82)65(52,6-2)95-64(83)94-40-54(43(3)4)68-57(77)42-92-41-56(76)66-15-17-84-19-21-86-23-25-88-27-29-90-31-32-91-30-28-89-26-24-87-22-20-85-18-16-72-37-46(70-71-72)35-67-61(80)45-9-7-44(8-10-45)36-74-58(78)13-14-59(74)79/h11-14,33-34,37,43-45,54,75H,5-10,15-32,35-36,38-42H2,1-4H3,(H,66,76)(H,67,80)(H,68,77)/t44?,45?,54?,65-/m0/s1. The zero-order valence-corrected chi connectivity index (χ0v) is 54.6. The van der Waals surface area contributed by atoms with Crippen LogP contribution in [0.25, 0.3) is 22.3 Å². The maximum Gasteiger partial charge on any atom is 0.509 e. The fraction of sp³-hybridized carbons (Fsp3) is 0.615. The van der Waals surface area contributed by atoms with Crippen molar-refractivity contribution >= 4 is 52.6 Å². The molecule has 1 aromatic carbocycles. The smallest absolute Gasteiger partial charge is 0.508 e. The molecule has 30 nitrogen and oxygen atoms in total. The molecule has 0 bridgehead atoms. The van der Waals surface area contributed by atoms with Crippen molar-refractivity contribution in [3.8, 4) is 17.1 Å². The predicted octanol–water partition coefficient (Wildman–Crippen LogP) is 2.55. The van der Waals surface area contributed by atoms with Gasteiger partial charge in [-0.2, -0.15) is 0 Å². The molecule has 6 heterocycles. The van der Waals surface area contributed by atoms with Gasteiger partial charge in [0.05, 0.1) is 160 Å². The Balaban J connectivity index is 0.556. The Labute approximate surface area is 550 Å². The average Bonchev–Trinajstić information content (AvgIpc) is 1.64. The van der Waals surface area contributed by atoms with Gasteiger partial charge in [0, 0.05) is 47.7 Å². The highest BCUT2D eigenvalue weighted by Gasteiger charge is 2.51. The van der Waals surface area contributed by atoms with E-state index in [0.29, 0.717) is 154 Å². The Kier molecular flexibility index (Phi) is 28.8. The topological polar surface area (TPSA) is 355 Å². The van der Waals surface area contributed by atoms with Crippen molar-refractivity contribution in [2.45, 2.75) is 104 Å². The number of ether oxygens (including phenoxy) is 12. The molecule has 5 amide bonds. The van der Waals surface area contributed by atoms with Crippen LogP contribution in [0.2, 0.25) is 0 Å². The Morgan fingerprint density at radius 3 is 1.93 bits per heavy atom. The molecule has 0 spiro atoms. The molecule has 4 aromatic rings. The monoisotopic (exact) mass is 1330 g/mol. The average molecular weight is 1330 g/mol. The zero-order chi connectivity index (χ0) is 67.5. The number of carbonyl (C=O) groups is 7. The molecule has 30 heteroatoms. The molecule has 1 fully saturated rings. The Hall–Kier alpha value is -7.81. The second-order valence-electron chi connectivity index (χ2n) is 23.4. The minimum absolute atomic E-state index is 0.0260. The van der Waals surface area contributed by atoms with E-state index in [1.807, 2.05) is 6.92 Å². The van der Waals surface area contributed by atoms with Crippen molar-refractivity contribution in [1.29, 1.82) is 0 Å². The number of rotatable bonds is 43. The molecule has 520 valence electrons. The van der Waals surface area contributed by atoms with Gasteiger partial charge < -0.3 is 82.5 Å². The first kappa shape index (κ1) is 73.0. The van der Waals surface area contributed by atoms with Crippen LogP contribution in [0.1, 0.15) is 87.7 Å². The Morgan fingerprint density at radius 1 is 0.726 bits per heavy atom. The summed E-state index contributed by atoms with van der Waals surface area (Å²) < 4.78 is 69.7. The fourth-order valence-corrected chi connectivity index (χ4v) is 11.4. The summed E-state index contributed by atoms with van der Waals surface area (Å²) in [6.45, 7) is 13.5. The second kappa shape index (κ2) is 37.5. The van der Waals surface area contributed by atoms with Crippen molar-refractivity contribution < 1.29 is 95.5 Å². The number of hydrogen-bond donors (Lipinski definition) is 4. The highest BCUT2D eigenvalue weighted by Crippen LogP contribution is 2.43. The van der Waals surface area contributed by atoms with Crippen LogP contribution < -0.4 is 21.5 Å². The first-order chi connectivity index (χ1) is 46.1. The van der Waals surface area contributed by atoms with Gasteiger partial charge in [0.15, 0.2) is 0 Å². The van der Waals surface area contributed by atoms with Crippen molar-refractivity contribution in [1.82, 2.24) is 45.4 Å². The molecule has 3 aliphatic heterocycles. The molecule has 1 aliphatic carbocycles. The van der Waals surface area contributed by atoms with Crippen LogP contribution in [0.15, 0.2) is 47.4 Å². The molecule has 3 aromatic heterocycles. The van der Waals surface area contributed by atoms with Crippen molar-refractivity contribution in [3.05, 3.63) is 80.9 Å². The van der Waals surface area contributed by atoms with Crippen LogP contribution in [0.4, 0.5) is 4.79 Å². The van der Waals surface area contributed by atoms with E-state index in [1.54, 1.807) is 54.4 Å². The molecule has 0 radical (unpaired) electrons. The lowest BCUT2D eigenvalue weighted by molar-refractivity contribution is -0.175. The van der Waals surface area contributed by atoms with Crippen molar-refractivity contribution in [2.24, 2.45) is 17.8 Å². The lowest BCUT2D eigenvalue weighted by Crippen LogP contribution is -2.48. The summed E-state index contributed by atoms with van der Waals surface area (Å²) in [6, 6.07) is 5.84. The molecular weight excluding hydrogens is 1240 g/mol. The number of nitrogens with zero attached hydrogens (tertiary/aromatic N) is 6. The number of phenols is 1. The fourth-order valence-electron chi connectivity index (χ4n) is 11.4. The van der Waals surface area contributed by atoms with Crippen LogP contribution in [0.3, 0.4) is 0 Å². The number of aryl methyl sites for hydroxylation is 1. The summed E-state index contributed by atoms with van der Waals surface area (Å²) >= 11 is 0. The van der Waals surface area contributed by atoms with Gasteiger partial charge in [-0.1, -0.05) is 32.9 Å². The van der Waals surface area contributed by atoms with E-state index in [1.165, 1.54) is 23.1 Å². The van der Waals surface area contributed by atoms with E-state index in [2.05, 4.69) is 26.3 Å². The third-order valence-corrected chi connectivity index (χ3v) is 16.6. The SMILES string of the molecule is CCc1c2c(nc3ccc(O)cc13)-c1cc3c(c(=O)n1C2)COC(=O)[C@@]3(CC)OC(=O)OCC(NC(=O)COCC(=O)NCCOCCOCCOCCOCCOCCOCCOCCOCCn1cc(CNC(=O)C2CCC(CN3C(=O)C=CC3=O)CC2)nn1)C(C)C. The number of hydrogen-bond acceptors (Lipinski definition) is 24. The molecule has 2 atom stereocenters. The summed E-state index contributed by atoms with van der Waals surface area (Å²) in [6.07, 6.45) is 6.67. The number of aromatic nitrogens is 5. The summed E-state index contributed by atoms with van der Waals surface area (Å²) in [4.78, 5) is 109. The van der Waals surface area contributed by atoms with Crippen LogP contribution in [0.5, 0.6) is 5.75 Å². The van der Waals surface area contributed by atoms with Crippen molar-refractivity contribution in [3.63, 3.8) is 0 Å². The number of fused-ring (bicyclic) bond motifs is 5. The summed E-state index contributed by atoms with van der Waals surface area (Å²) in [5.41, 5.74) is 1.91. The summed E-state index contributed by atoms with van der Waals surface area (Å²) in [7, 11) is 0. The van der Waals surface area contributed by atoms with Gasteiger partial charge in [0.2, 0.25) is 23.3 Å². The molecule has 95 heavy (non-hydrogen) atoms. The number of esters is 1. The zero-order valence-electron chi connectivity index (χ0n) is 54.6. The molecule has 4 aliphatic rings. The number of pyridine rings is 2. The van der Waals surface area contributed by atoms with Crippen molar-refractivity contribution in [2.75, 3.05) is 139 Å². The van der Waals surface area contributed by atoms with E-state index in [9.17, 15) is 43.5 Å².